The SMILES string of the molecule is Cc1ccc(N(CCCC(=O)N(C)Cc2nc(-c3ccccc3)no2)S(C)(=O)=O)cc1. The van der Waals surface area contributed by atoms with E-state index in [1.54, 1.807) is 19.2 Å². The van der Waals surface area contributed by atoms with Crippen LogP contribution in [0.3, 0.4) is 0 Å². The van der Waals surface area contributed by atoms with Gasteiger partial charge in [-0.25, -0.2) is 8.42 Å². The van der Waals surface area contributed by atoms with Crippen molar-refractivity contribution in [2.75, 3.05) is 24.2 Å². The first kappa shape index (κ1) is 22.5. The predicted molar refractivity (Wildman–Crippen MR) is 119 cm³/mol. The average Bonchev–Trinajstić information content (AvgIpc) is 3.20. The van der Waals surface area contributed by atoms with Gasteiger partial charge in [0.25, 0.3) is 0 Å². The zero-order valence-corrected chi connectivity index (χ0v) is 18.7. The van der Waals surface area contributed by atoms with E-state index in [0.29, 0.717) is 23.8 Å². The molecular formula is C22H26N4O4S. The van der Waals surface area contributed by atoms with E-state index in [1.807, 2.05) is 49.4 Å². The number of nitrogens with zero attached hydrogens (tertiary/aromatic N) is 4. The van der Waals surface area contributed by atoms with Gasteiger partial charge in [-0.05, 0) is 25.5 Å². The molecule has 0 aliphatic heterocycles. The quantitative estimate of drug-likeness (QED) is 0.505. The molecule has 0 atom stereocenters. The van der Waals surface area contributed by atoms with Crippen molar-refractivity contribution in [3.63, 3.8) is 0 Å². The maximum absolute atomic E-state index is 12.5. The van der Waals surface area contributed by atoms with E-state index in [1.165, 1.54) is 15.5 Å². The van der Waals surface area contributed by atoms with Gasteiger partial charge in [0.15, 0.2) is 0 Å². The van der Waals surface area contributed by atoms with Gasteiger partial charge in [0.05, 0.1) is 18.5 Å². The third-order valence-electron chi connectivity index (χ3n) is 4.77. The van der Waals surface area contributed by atoms with Crippen molar-refractivity contribution in [3.8, 4) is 11.4 Å². The second kappa shape index (κ2) is 9.74. The molecule has 0 saturated carbocycles. The Bertz CT molecular complexity index is 1110. The fraction of sp³-hybridized carbons (Fsp3) is 0.318. The summed E-state index contributed by atoms with van der Waals surface area (Å²) in [6.45, 7) is 2.35. The first-order valence-electron chi connectivity index (χ1n) is 9.90. The molecule has 1 amide bonds. The van der Waals surface area contributed by atoms with Gasteiger partial charge < -0.3 is 9.42 Å². The molecule has 0 aliphatic carbocycles. The predicted octanol–water partition coefficient (Wildman–Crippen LogP) is 3.25. The summed E-state index contributed by atoms with van der Waals surface area (Å²) < 4.78 is 31.0. The van der Waals surface area contributed by atoms with Gasteiger partial charge in [0.1, 0.15) is 0 Å². The number of rotatable bonds is 9. The highest BCUT2D eigenvalue weighted by Crippen LogP contribution is 2.19. The zero-order valence-electron chi connectivity index (χ0n) is 17.9. The maximum atomic E-state index is 12.5. The molecule has 0 radical (unpaired) electrons. The lowest BCUT2D eigenvalue weighted by Gasteiger charge is -2.23. The normalized spacial score (nSPS) is 11.3. The van der Waals surface area contributed by atoms with E-state index < -0.39 is 10.0 Å². The van der Waals surface area contributed by atoms with Crippen molar-refractivity contribution in [3.05, 3.63) is 66.1 Å². The van der Waals surface area contributed by atoms with Crippen LogP contribution >= 0.6 is 0 Å². The molecule has 3 aromatic rings. The summed E-state index contributed by atoms with van der Waals surface area (Å²) in [4.78, 5) is 18.3. The molecule has 0 bridgehead atoms. The minimum atomic E-state index is -3.45. The van der Waals surface area contributed by atoms with Crippen molar-refractivity contribution in [2.45, 2.75) is 26.3 Å². The third-order valence-corrected chi connectivity index (χ3v) is 5.97. The monoisotopic (exact) mass is 442 g/mol. The number of aromatic nitrogens is 2. The topological polar surface area (TPSA) is 96.6 Å². The molecule has 0 aliphatic rings. The number of hydrogen-bond donors (Lipinski definition) is 0. The Balaban J connectivity index is 1.55. The highest BCUT2D eigenvalue weighted by atomic mass is 32.2. The Kier molecular flexibility index (Phi) is 7.06. The van der Waals surface area contributed by atoms with Gasteiger partial charge in [0, 0.05) is 25.6 Å². The largest absolute Gasteiger partial charge is 0.337 e. The minimum Gasteiger partial charge on any atom is -0.337 e. The Hall–Kier alpha value is -3.20. The van der Waals surface area contributed by atoms with Crippen LogP contribution in [0.25, 0.3) is 11.4 Å². The number of aryl methyl sites for hydroxylation is 1. The van der Waals surface area contributed by atoms with Gasteiger partial charge in [0.2, 0.25) is 27.6 Å². The minimum absolute atomic E-state index is 0.128. The van der Waals surface area contributed by atoms with Gasteiger partial charge in [-0.2, -0.15) is 4.98 Å². The molecule has 0 N–H and O–H groups in total. The van der Waals surface area contributed by atoms with Crippen molar-refractivity contribution in [1.29, 1.82) is 0 Å². The molecule has 0 fully saturated rings. The van der Waals surface area contributed by atoms with Crippen LogP contribution in [-0.4, -0.2) is 49.2 Å². The molecule has 0 unspecified atom stereocenters. The van der Waals surface area contributed by atoms with Gasteiger partial charge in [-0.15, -0.1) is 0 Å². The summed E-state index contributed by atoms with van der Waals surface area (Å²) in [5.74, 6) is 0.683. The second-order valence-electron chi connectivity index (χ2n) is 7.40. The number of benzene rings is 2. The van der Waals surface area contributed by atoms with Crippen LogP contribution in [0.1, 0.15) is 24.3 Å². The third kappa shape index (κ3) is 6.14. The molecule has 3 rings (SSSR count). The number of amides is 1. The molecule has 8 nitrogen and oxygen atoms in total. The van der Waals surface area contributed by atoms with Crippen molar-refractivity contribution < 1.29 is 17.7 Å². The van der Waals surface area contributed by atoms with Crippen molar-refractivity contribution in [1.82, 2.24) is 15.0 Å². The second-order valence-corrected chi connectivity index (χ2v) is 9.31. The van der Waals surface area contributed by atoms with Crippen LogP contribution in [-0.2, 0) is 21.4 Å². The number of carbonyl (C=O) groups excluding carboxylic acids is 1. The van der Waals surface area contributed by atoms with Gasteiger partial charge in [-0.3, -0.25) is 9.10 Å². The van der Waals surface area contributed by atoms with Gasteiger partial charge >= 0.3 is 0 Å². The van der Waals surface area contributed by atoms with Crippen LogP contribution in [0.2, 0.25) is 0 Å². The number of hydrogen-bond acceptors (Lipinski definition) is 6. The van der Waals surface area contributed by atoms with Crippen LogP contribution < -0.4 is 4.31 Å². The van der Waals surface area contributed by atoms with E-state index in [-0.39, 0.29) is 25.4 Å². The fourth-order valence-corrected chi connectivity index (χ4v) is 4.04. The first-order chi connectivity index (χ1) is 14.7. The highest BCUT2D eigenvalue weighted by molar-refractivity contribution is 7.92. The summed E-state index contributed by atoms with van der Waals surface area (Å²) >= 11 is 0. The lowest BCUT2D eigenvalue weighted by molar-refractivity contribution is -0.130. The summed E-state index contributed by atoms with van der Waals surface area (Å²) in [6, 6.07) is 16.7. The number of anilines is 1. The Morgan fingerprint density at radius 2 is 1.74 bits per heavy atom. The van der Waals surface area contributed by atoms with Crippen LogP contribution in [0, 0.1) is 6.92 Å². The maximum Gasteiger partial charge on any atom is 0.246 e. The van der Waals surface area contributed by atoms with Crippen LogP contribution in [0.15, 0.2) is 59.1 Å². The zero-order chi connectivity index (χ0) is 22.4. The van der Waals surface area contributed by atoms with E-state index in [4.69, 9.17) is 4.52 Å². The highest BCUT2D eigenvalue weighted by Gasteiger charge is 2.19. The molecular weight excluding hydrogens is 416 g/mol. The molecule has 1 aromatic heterocycles. The van der Waals surface area contributed by atoms with Crippen LogP contribution in [0.4, 0.5) is 5.69 Å². The smallest absolute Gasteiger partial charge is 0.246 e. The molecule has 164 valence electrons. The summed E-state index contributed by atoms with van der Waals surface area (Å²) in [5.41, 5.74) is 2.47. The summed E-state index contributed by atoms with van der Waals surface area (Å²) in [6.07, 6.45) is 1.76. The standard InChI is InChI=1S/C22H26N4O4S/c1-17-11-13-19(14-12-17)26(31(3,28)29)15-7-10-21(27)25(2)16-20-23-22(24-30-20)18-8-5-4-6-9-18/h4-6,8-9,11-14H,7,10,15-16H2,1-3H3. The number of carbonyl (C=O) groups is 1. The Morgan fingerprint density at radius 1 is 1.06 bits per heavy atom. The average molecular weight is 443 g/mol. The summed E-state index contributed by atoms with van der Waals surface area (Å²) in [7, 11) is -1.79. The molecule has 0 saturated heterocycles. The first-order valence-corrected chi connectivity index (χ1v) is 11.8. The van der Waals surface area contributed by atoms with Crippen molar-refractivity contribution in [2.24, 2.45) is 0 Å². The Morgan fingerprint density at radius 3 is 2.39 bits per heavy atom. The molecule has 1 heterocycles. The molecule has 31 heavy (non-hydrogen) atoms. The number of sulfonamides is 1. The fourth-order valence-electron chi connectivity index (χ4n) is 3.08. The van der Waals surface area contributed by atoms with Crippen LogP contribution in [0.5, 0.6) is 0 Å². The lowest BCUT2D eigenvalue weighted by Crippen LogP contribution is -2.32. The summed E-state index contributed by atoms with van der Waals surface area (Å²) in [5, 5.41) is 3.95. The molecule has 0 spiro atoms. The lowest BCUT2D eigenvalue weighted by atomic mass is 10.2. The van der Waals surface area contributed by atoms with E-state index in [9.17, 15) is 13.2 Å². The van der Waals surface area contributed by atoms with Gasteiger partial charge in [-0.1, -0.05) is 53.2 Å². The van der Waals surface area contributed by atoms with E-state index >= 15 is 0 Å². The molecule has 9 heteroatoms. The van der Waals surface area contributed by atoms with E-state index in [0.717, 1.165) is 11.1 Å². The molecule has 2 aromatic carbocycles. The van der Waals surface area contributed by atoms with E-state index in [2.05, 4.69) is 10.1 Å². The Labute approximate surface area is 182 Å². The van der Waals surface area contributed by atoms with Crippen molar-refractivity contribution >= 4 is 21.6 Å².